The first-order valence-electron chi connectivity index (χ1n) is 10.1. The number of hydrogen-bond acceptors (Lipinski definition) is 6. The van der Waals surface area contributed by atoms with Gasteiger partial charge in [0, 0.05) is 18.8 Å². The van der Waals surface area contributed by atoms with E-state index in [0.29, 0.717) is 25.1 Å². The zero-order chi connectivity index (χ0) is 22.0. The van der Waals surface area contributed by atoms with Crippen LogP contribution in [0.1, 0.15) is 24.0 Å². The van der Waals surface area contributed by atoms with Gasteiger partial charge in [0.15, 0.2) is 0 Å². The fourth-order valence-corrected chi connectivity index (χ4v) is 5.22. The van der Waals surface area contributed by atoms with Crippen LogP contribution in [0.15, 0.2) is 53.7 Å². The highest BCUT2D eigenvalue weighted by Crippen LogP contribution is 2.26. The number of aromatic nitrogens is 4. The average Bonchev–Trinajstić information content (AvgIpc) is 3.32. The quantitative estimate of drug-likeness (QED) is 0.652. The van der Waals surface area contributed by atoms with Crippen molar-refractivity contribution in [3.05, 3.63) is 59.9 Å². The smallest absolute Gasteiger partial charge is 0.243 e. The summed E-state index contributed by atoms with van der Waals surface area (Å²) in [4.78, 5) is 13.0. The van der Waals surface area contributed by atoms with Crippen LogP contribution >= 0.6 is 0 Å². The summed E-state index contributed by atoms with van der Waals surface area (Å²) >= 11 is 0. The largest absolute Gasteiger partial charge is 0.326 e. The summed E-state index contributed by atoms with van der Waals surface area (Å²) in [7, 11) is -3.71. The van der Waals surface area contributed by atoms with Gasteiger partial charge in [-0.3, -0.25) is 4.79 Å². The Morgan fingerprint density at radius 1 is 1.13 bits per heavy atom. The van der Waals surface area contributed by atoms with Crippen LogP contribution in [0, 0.1) is 19.8 Å². The molecule has 0 spiro atoms. The molecule has 2 aromatic carbocycles. The van der Waals surface area contributed by atoms with Gasteiger partial charge in [0.1, 0.15) is 6.33 Å². The maximum Gasteiger partial charge on any atom is 0.243 e. The molecule has 0 radical (unpaired) electrons. The second kappa shape index (κ2) is 8.56. The lowest BCUT2D eigenvalue weighted by atomic mass is 9.98. The zero-order valence-corrected chi connectivity index (χ0v) is 18.2. The number of benzene rings is 2. The first-order chi connectivity index (χ1) is 14.9. The predicted molar refractivity (Wildman–Crippen MR) is 115 cm³/mol. The Kier molecular flexibility index (Phi) is 5.84. The van der Waals surface area contributed by atoms with Gasteiger partial charge in [0.25, 0.3) is 0 Å². The van der Waals surface area contributed by atoms with Gasteiger partial charge in [-0.15, -0.1) is 5.10 Å². The molecule has 1 aromatic heterocycles. The molecule has 0 aliphatic carbocycles. The van der Waals surface area contributed by atoms with E-state index >= 15 is 0 Å². The van der Waals surface area contributed by atoms with Crippen LogP contribution < -0.4 is 5.32 Å². The minimum Gasteiger partial charge on any atom is -0.326 e. The highest BCUT2D eigenvalue weighted by Gasteiger charge is 2.33. The zero-order valence-electron chi connectivity index (χ0n) is 17.4. The van der Waals surface area contributed by atoms with Crippen molar-refractivity contribution in [3.63, 3.8) is 0 Å². The molecule has 1 fully saturated rings. The van der Waals surface area contributed by atoms with Gasteiger partial charge < -0.3 is 5.32 Å². The number of sulfonamides is 1. The van der Waals surface area contributed by atoms with Crippen LogP contribution in [0.5, 0.6) is 0 Å². The lowest BCUT2D eigenvalue weighted by Crippen LogP contribution is -2.43. The standard InChI is InChI=1S/C21H24N6O3S/c1-15-5-3-7-20(16(15)2)23-21(28)17-6-4-12-26(13-17)31(29,30)19-10-8-18(9-11-19)27-14-22-24-25-27/h3,5,7-11,14,17H,4,6,12-13H2,1-2H3,(H,23,28). The molecule has 162 valence electrons. The molecule has 0 saturated carbocycles. The van der Waals surface area contributed by atoms with Gasteiger partial charge in [-0.1, -0.05) is 12.1 Å². The van der Waals surface area contributed by atoms with E-state index in [1.807, 2.05) is 32.0 Å². The summed E-state index contributed by atoms with van der Waals surface area (Å²) in [6.45, 7) is 4.50. The minimum absolute atomic E-state index is 0.150. The maximum absolute atomic E-state index is 13.2. The molecular formula is C21H24N6O3S. The van der Waals surface area contributed by atoms with E-state index in [9.17, 15) is 13.2 Å². The number of anilines is 1. The molecule has 1 atom stereocenters. The Morgan fingerprint density at radius 3 is 2.61 bits per heavy atom. The molecule has 4 rings (SSSR count). The molecule has 1 N–H and O–H groups in total. The normalized spacial score (nSPS) is 17.4. The molecule has 10 heteroatoms. The van der Waals surface area contributed by atoms with Crippen LogP contribution in [0.3, 0.4) is 0 Å². The number of hydrogen-bond donors (Lipinski definition) is 1. The lowest BCUT2D eigenvalue weighted by Gasteiger charge is -2.31. The van der Waals surface area contributed by atoms with Crippen LogP contribution in [0.2, 0.25) is 0 Å². The molecule has 1 amide bonds. The van der Waals surface area contributed by atoms with Crippen LogP contribution in [-0.4, -0.2) is 51.9 Å². The highest BCUT2D eigenvalue weighted by atomic mass is 32.2. The van der Waals surface area contributed by atoms with E-state index < -0.39 is 15.9 Å². The molecule has 9 nitrogen and oxygen atoms in total. The fourth-order valence-electron chi connectivity index (χ4n) is 3.70. The van der Waals surface area contributed by atoms with Crippen LogP contribution in [-0.2, 0) is 14.8 Å². The van der Waals surface area contributed by atoms with Gasteiger partial charge in [0.05, 0.1) is 16.5 Å². The van der Waals surface area contributed by atoms with E-state index in [4.69, 9.17) is 0 Å². The molecular weight excluding hydrogens is 416 g/mol. The van der Waals surface area contributed by atoms with Crippen molar-refractivity contribution >= 4 is 21.6 Å². The Bertz CT molecular complexity index is 1180. The molecule has 1 aliphatic rings. The number of carbonyl (C=O) groups excluding carboxylic acids is 1. The van der Waals surface area contributed by atoms with Gasteiger partial charge in [0.2, 0.25) is 15.9 Å². The number of tetrazole rings is 1. The molecule has 1 unspecified atom stereocenters. The van der Waals surface area contributed by atoms with E-state index in [-0.39, 0.29) is 17.3 Å². The summed E-state index contributed by atoms with van der Waals surface area (Å²) in [5.74, 6) is -0.549. The van der Waals surface area contributed by atoms with Crippen molar-refractivity contribution in [1.82, 2.24) is 24.5 Å². The molecule has 0 bridgehead atoms. The van der Waals surface area contributed by atoms with Crippen LogP contribution in [0.25, 0.3) is 5.69 Å². The lowest BCUT2D eigenvalue weighted by molar-refractivity contribution is -0.120. The topological polar surface area (TPSA) is 110 Å². The third-order valence-corrected chi connectivity index (χ3v) is 7.58. The number of aryl methyl sites for hydroxylation is 1. The maximum atomic E-state index is 13.2. The van der Waals surface area contributed by atoms with Crippen molar-refractivity contribution < 1.29 is 13.2 Å². The molecule has 1 aliphatic heterocycles. The molecule has 3 aromatic rings. The number of nitrogens with zero attached hydrogens (tertiary/aromatic N) is 5. The molecule has 31 heavy (non-hydrogen) atoms. The fraction of sp³-hybridized carbons (Fsp3) is 0.333. The van der Waals surface area contributed by atoms with E-state index in [2.05, 4.69) is 20.8 Å². The molecule has 1 saturated heterocycles. The first kappa shape index (κ1) is 21.1. The van der Waals surface area contributed by atoms with Crippen LogP contribution in [0.4, 0.5) is 5.69 Å². The summed E-state index contributed by atoms with van der Waals surface area (Å²) in [6, 6.07) is 12.1. The Balaban J connectivity index is 1.48. The second-order valence-corrected chi connectivity index (χ2v) is 9.63. The Morgan fingerprint density at radius 2 is 1.90 bits per heavy atom. The van der Waals surface area contributed by atoms with Crippen molar-refractivity contribution in [1.29, 1.82) is 0 Å². The van der Waals surface area contributed by atoms with E-state index in [1.54, 1.807) is 12.1 Å². The third kappa shape index (κ3) is 4.35. The minimum atomic E-state index is -3.71. The number of piperidine rings is 1. The monoisotopic (exact) mass is 440 g/mol. The summed E-state index contributed by atoms with van der Waals surface area (Å²) in [5.41, 5.74) is 3.53. The number of nitrogens with one attached hydrogen (secondary N) is 1. The van der Waals surface area contributed by atoms with Crippen molar-refractivity contribution in [2.45, 2.75) is 31.6 Å². The molecule has 2 heterocycles. The van der Waals surface area contributed by atoms with Gasteiger partial charge >= 0.3 is 0 Å². The highest BCUT2D eigenvalue weighted by molar-refractivity contribution is 7.89. The second-order valence-electron chi connectivity index (χ2n) is 7.69. The van der Waals surface area contributed by atoms with Crippen molar-refractivity contribution in [2.24, 2.45) is 5.92 Å². The third-order valence-electron chi connectivity index (χ3n) is 5.71. The van der Waals surface area contributed by atoms with Gasteiger partial charge in [-0.05, 0) is 78.6 Å². The Labute approximate surface area is 181 Å². The predicted octanol–water partition coefficient (Wildman–Crippen LogP) is 2.32. The Hall–Kier alpha value is -3.11. The van der Waals surface area contributed by atoms with E-state index in [0.717, 1.165) is 16.8 Å². The van der Waals surface area contributed by atoms with E-state index in [1.165, 1.54) is 27.4 Å². The average molecular weight is 441 g/mol. The summed E-state index contributed by atoms with van der Waals surface area (Å²) < 4.78 is 29.2. The van der Waals surface area contributed by atoms with Crippen molar-refractivity contribution in [3.8, 4) is 5.69 Å². The summed E-state index contributed by atoms with van der Waals surface area (Å²) in [6.07, 6.45) is 2.72. The number of carbonyl (C=O) groups is 1. The van der Waals surface area contributed by atoms with Gasteiger partial charge in [-0.2, -0.15) is 4.31 Å². The van der Waals surface area contributed by atoms with Gasteiger partial charge in [-0.25, -0.2) is 13.1 Å². The SMILES string of the molecule is Cc1cccc(NC(=O)C2CCCN(S(=O)(=O)c3ccc(-n4cnnn4)cc3)C2)c1C. The first-order valence-corrected chi connectivity index (χ1v) is 11.5. The number of rotatable bonds is 5. The summed E-state index contributed by atoms with van der Waals surface area (Å²) in [5, 5.41) is 13.9. The van der Waals surface area contributed by atoms with Crippen molar-refractivity contribution in [2.75, 3.05) is 18.4 Å². The number of amides is 1.